The molecule has 0 heterocycles. The average molecular weight is 379 g/mol. The molecule has 0 saturated heterocycles. The highest BCUT2D eigenvalue weighted by Crippen LogP contribution is 2.56. The van der Waals surface area contributed by atoms with Gasteiger partial charge < -0.3 is 9.84 Å². The van der Waals surface area contributed by atoms with E-state index in [0.717, 1.165) is 22.9 Å². The van der Waals surface area contributed by atoms with Gasteiger partial charge in [0.25, 0.3) is 0 Å². The van der Waals surface area contributed by atoms with Crippen LogP contribution in [0, 0.1) is 22.7 Å². The molecule has 1 saturated carbocycles. The predicted molar refractivity (Wildman–Crippen MR) is 113 cm³/mol. The molecule has 1 fully saturated rings. The summed E-state index contributed by atoms with van der Waals surface area (Å²) in [7, 11) is 0. The Morgan fingerprint density at radius 2 is 1.82 bits per heavy atom. The third-order valence-electron chi connectivity index (χ3n) is 6.88. The number of phenolic OH excluding ortho intramolecular Hbond substituents is 1. The Bertz CT molecular complexity index is 955. The van der Waals surface area contributed by atoms with Crippen molar-refractivity contribution in [2.75, 3.05) is 6.61 Å². The number of hydrogen-bond acceptors (Lipinski definition) is 3. The summed E-state index contributed by atoms with van der Waals surface area (Å²) < 4.78 is 6.16. The maximum absolute atomic E-state index is 12.4. The molecular weight excluding hydrogens is 348 g/mol. The molecule has 0 unspecified atom stereocenters. The van der Waals surface area contributed by atoms with Crippen LogP contribution >= 0.6 is 0 Å². The lowest BCUT2D eigenvalue weighted by atomic mass is 9.51. The van der Waals surface area contributed by atoms with Crippen molar-refractivity contribution in [2.45, 2.75) is 47.0 Å². The summed E-state index contributed by atoms with van der Waals surface area (Å²) in [6.07, 6.45) is 4.77. The quantitative estimate of drug-likeness (QED) is 0.676. The second-order valence-corrected chi connectivity index (χ2v) is 9.83. The van der Waals surface area contributed by atoms with E-state index in [0.29, 0.717) is 37.1 Å². The van der Waals surface area contributed by atoms with E-state index >= 15 is 0 Å². The highest BCUT2D eigenvalue weighted by Gasteiger charge is 2.51. The van der Waals surface area contributed by atoms with Crippen molar-refractivity contribution >= 4 is 16.6 Å². The van der Waals surface area contributed by atoms with Gasteiger partial charge in [0.15, 0.2) is 0 Å². The molecule has 28 heavy (non-hydrogen) atoms. The first-order chi connectivity index (χ1) is 13.2. The van der Waals surface area contributed by atoms with Crippen molar-refractivity contribution in [1.29, 1.82) is 0 Å². The lowest BCUT2D eigenvalue weighted by Crippen LogP contribution is -2.48. The molecule has 0 spiro atoms. The molecule has 0 amide bonds. The number of ether oxygens (including phenoxy) is 1. The van der Waals surface area contributed by atoms with Crippen molar-refractivity contribution < 1.29 is 14.6 Å². The minimum absolute atomic E-state index is 0.0154. The van der Waals surface area contributed by atoms with Crippen molar-refractivity contribution in [3.63, 3.8) is 0 Å². The number of carbonyl (C=O) groups is 1. The van der Waals surface area contributed by atoms with E-state index in [9.17, 15) is 9.90 Å². The van der Waals surface area contributed by atoms with Gasteiger partial charge in [-0.3, -0.25) is 4.79 Å². The molecule has 3 heteroatoms. The normalized spacial score (nSPS) is 29.3. The second-order valence-electron chi connectivity index (χ2n) is 9.83. The van der Waals surface area contributed by atoms with Gasteiger partial charge in [0.1, 0.15) is 17.3 Å². The van der Waals surface area contributed by atoms with Crippen molar-refractivity contribution in [3.05, 3.63) is 48.0 Å². The maximum Gasteiger partial charge on any atom is 0.134 e. The Kier molecular flexibility index (Phi) is 4.52. The van der Waals surface area contributed by atoms with Crippen LogP contribution in [0.5, 0.6) is 11.5 Å². The number of aromatic hydroxyl groups is 1. The minimum atomic E-state index is 0.0154. The average Bonchev–Trinajstić information content (AvgIpc) is 2.60. The summed E-state index contributed by atoms with van der Waals surface area (Å²) in [5.41, 5.74) is 1.42. The van der Waals surface area contributed by atoms with E-state index in [1.807, 2.05) is 24.3 Å². The summed E-state index contributed by atoms with van der Waals surface area (Å²) >= 11 is 0. The molecule has 1 N–H and O–H groups in total. The first kappa shape index (κ1) is 19.0. The van der Waals surface area contributed by atoms with Gasteiger partial charge in [0.05, 0.1) is 6.61 Å². The standard InChI is InChI=1S/C25H30O3/c1-16-9-23-24(2,3)13-21(27)14-25(23,4)12-19(16)15-28-22-8-6-17-5-7-20(26)10-18(17)11-22/h5-11,19,23,26H,12-15H2,1-4H3/t19-,23-,25+/m1/s1. The van der Waals surface area contributed by atoms with Crippen LogP contribution in [-0.2, 0) is 4.79 Å². The molecule has 3 atom stereocenters. The van der Waals surface area contributed by atoms with Gasteiger partial charge in [0, 0.05) is 18.8 Å². The van der Waals surface area contributed by atoms with Crippen LogP contribution in [0.25, 0.3) is 10.8 Å². The van der Waals surface area contributed by atoms with Crippen molar-refractivity contribution in [2.24, 2.45) is 22.7 Å². The number of ketones is 1. The zero-order valence-electron chi connectivity index (χ0n) is 17.3. The number of fused-ring (bicyclic) bond motifs is 2. The summed E-state index contributed by atoms with van der Waals surface area (Å²) in [5.74, 6) is 2.24. The molecule has 0 aromatic heterocycles. The van der Waals surface area contributed by atoms with E-state index in [4.69, 9.17) is 4.74 Å². The molecule has 2 aliphatic carbocycles. The van der Waals surface area contributed by atoms with Gasteiger partial charge in [0.2, 0.25) is 0 Å². The molecule has 0 aliphatic heterocycles. The fourth-order valence-corrected chi connectivity index (χ4v) is 5.62. The lowest BCUT2D eigenvalue weighted by Gasteiger charge is -2.53. The molecular formula is C25H30O3. The number of carbonyl (C=O) groups excluding carboxylic acids is 1. The van der Waals surface area contributed by atoms with Gasteiger partial charge in [-0.15, -0.1) is 0 Å². The van der Waals surface area contributed by atoms with Crippen LogP contribution in [0.2, 0.25) is 0 Å². The van der Waals surface area contributed by atoms with Crippen LogP contribution in [0.15, 0.2) is 48.0 Å². The Morgan fingerprint density at radius 3 is 2.61 bits per heavy atom. The Hall–Kier alpha value is -2.29. The van der Waals surface area contributed by atoms with Crippen molar-refractivity contribution in [1.82, 2.24) is 0 Å². The van der Waals surface area contributed by atoms with E-state index in [2.05, 4.69) is 33.8 Å². The second kappa shape index (κ2) is 6.65. The molecule has 148 valence electrons. The molecule has 4 rings (SSSR count). The summed E-state index contributed by atoms with van der Waals surface area (Å²) in [4.78, 5) is 12.4. The van der Waals surface area contributed by atoms with Gasteiger partial charge in [-0.05, 0) is 65.1 Å². The topological polar surface area (TPSA) is 46.5 Å². The van der Waals surface area contributed by atoms with Crippen LogP contribution in [-0.4, -0.2) is 17.5 Å². The smallest absolute Gasteiger partial charge is 0.134 e. The number of phenols is 1. The van der Waals surface area contributed by atoms with Gasteiger partial charge in [-0.25, -0.2) is 0 Å². The first-order valence-electron chi connectivity index (χ1n) is 10.2. The number of Topliss-reactive ketones (excluding diaryl/α,β-unsaturated/α-hetero) is 1. The third-order valence-corrected chi connectivity index (χ3v) is 6.88. The zero-order valence-corrected chi connectivity index (χ0v) is 17.3. The first-order valence-corrected chi connectivity index (χ1v) is 10.2. The fourth-order valence-electron chi connectivity index (χ4n) is 5.62. The molecule has 2 aromatic rings. The Labute approximate surface area is 167 Å². The predicted octanol–water partition coefficient (Wildman–Crippen LogP) is 5.90. The fraction of sp³-hybridized carbons (Fsp3) is 0.480. The molecule has 3 nitrogen and oxygen atoms in total. The monoisotopic (exact) mass is 378 g/mol. The minimum Gasteiger partial charge on any atom is -0.508 e. The number of allylic oxidation sites excluding steroid dienone is 1. The third kappa shape index (κ3) is 3.43. The highest BCUT2D eigenvalue weighted by molar-refractivity contribution is 5.85. The molecule has 2 aliphatic rings. The molecule has 0 bridgehead atoms. The molecule has 2 aromatic carbocycles. The number of hydrogen-bond donors (Lipinski definition) is 1. The largest absolute Gasteiger partial charge is 0.508 e. The summed E-state index contributed by atoms with van der Waals surface area (Å²) in [6, 6.07) is 11.4. The van der Waals surface area contributed by atoms with E-state index < -0.39 is 0 Å². The van der Waals surface area contributed by atoms with E-state index in [1.165, 1.54) is 5.57 Å². The van der Waals surface area contributed by atoms with E-state index in [1.54, 1.807) is 12.1 Å². The van der Waals surface area contributed by atoms with Crippen LogP contribution < -0.4 is 4.74 Å². The Morgan fingerprint density at radius 1 is 1.07 bits per heavy atom. The number of benzene rings is 2. The van der Waals surface area contributed by atoms with Gasteiger partial charge >= 0.3 is 0 Å². The van der Waals surface area contributed by atoms with Crippen molar-refractivity contribution in [3.8, 4) is 11.5 Å². The van der Waals surface area contributed by atoms with E-state index in [-0.39, 0.29) is 16.6 Å². The lowest BCUT2D eigenvalue weighted by molar-refractivity contribution is -0.132. The van der Waals surface area contributed by atoms with Gasteiger partial charge in [-0.1, -0.05) is 44.6 Å². The van der Waals surface area contributed by atoms with Gasteiger partial charge in [-0.2, -0.15) is 0 Å². The number of rotatable bonds is 3. The SMILES string of the molecule is CC1=C[C@@H]2C(C)(C)CC(=O)C[C@]2(C)C[C@@H]1COc1ccc2ccc(O)cc2c1. The van der Waals surface area contributed by atoms with Crippen LogP contribution in [0.4, 0.5) is 0 Å². The Balaban J connectivity index is 1.53. The highest BCUT2D eigenvalue weighted by atomic mass is 16.5. The zero-order chi connectivity index (χ0) is 20.1. The van der Waals surface area contributed by atoms with Crippen LogP contribution in [0.1, 0.15) is 47.0 Å². The summed E-state index contributed by atoms with van der Waals surface area (Å²) in [5, 5.41) is 11.8. The molecule has 0 radical (unpaired) electrons. The maximum atomic E-state index is 12.4. The van der Waals surface area contributed by atoms with Crippen LogP contribution in [0.3, 0.4) is 0 Å². The summed E-state index contributed by atoms with van der Waals surface area (Å²) in [6.45, 7) is 9.57.